The standard InChI is InChI=1S/C21H23N3O3/c1-16-6-2-3-7-17(16)22-12-14-23(15-13-22)20(25)10-11-24-18-8-4-5-9-19(18)27-21(24)26/h2-9H,10-15H2,1H3. The van der Waals surface area contributed by atoms with Gasteiger partial charge in [0.25, 0.3) is 0 Å². The van der Waals surface area contributed by atoms with Gasteiger partial charge in [0.15, 0.2) is 5.58 Å². The lowest BCUT2D eigenvalue weighted by atomic mass is 10.1. The van der Waals surface area contributed by atoms with Crippen LogP contribution in [0.25, 0.3) is 11.1 Å². The highest BCUT2D eigenvalue weighted by atomic mass is 16.4. The molecule has 0 spiro atoms. The van der Waals surface area contributed by atoms with E-state index in [0.717, 1.165) is 18.6 Å². The molecule has 1 fully saturated rings. The first-order valence-electron chi connectivity index (χ1n) is 9.30. The minimum atomic E-state index is -0.409. The van der Waals surface area contributed by atoms with Crippen LogP contribution in [0.1, 0.15) is 12.0 Å². The van der Waals surface area contributed by atoms with Crippen LogP contribution in [-0.2, 0) is 11.3 Å². The van der Waals surface area contributed by atoms with Crippen LogP contribution >= 0.6 is 0 Å². The molecule has 1 aromatic heterocycles. The number of nitrogens with zero attached hydrogens (tertiary/aromatic N) is 3. The highest BCUT2D eigenvalue weighted by Crippen LogP contribution is 2.21. The molecule has 0 N–H and O–H groups in total. The summed E-state index contributed by atoms with van der Waals surface area (Å²) in [6.45, 7) is 5.51. The van der Waals surface area contributed by atoms with Crippen molar-refractivity contribution in [3.63, 3.8) is 0 Å². The average molecular weight is 365 g/mol. The second kappa shape index (κ2) is 7.31. The molecule has 1 saturated heterocycles. The number of carbonyl (C=O) groups is 1. The van der Waals surface area contributed by atoms with Crippen molar-refractivity contribution in [1.29, 1.82) is 0 Å². The van der Waals surface area contributed by atoms with E-state index in [9.17, 15) is 9.59 Å². The van der Waals surface area contributed by atoms with Crippen molar-refractivity contribution >= 4 is 22.7 Å². The molecule has 0 atom stereocenters. The molecule has 4 rings (SSSR count). The zero-order chi connectivity index (χ0) is 18.8. The number of fused-ring (bicyclic) bond motifs is 1. The van der Waals surface area contributed by atoms with Crippen molar-refractivity contribution in [3.8, 4) is 0 Å². The number of anilines is 1. The summed E-state index contributed by atoms with van der Waals surface area (Å²) < 4.78 is 6.77. The highest BCUT2D eigenvalue weighted by molar-refractivity contribution is 5.77. The van der Waals surface area contributed by atoms with Gasteiger partial charge in [-0.1, -0.05) is 30.3 Å². The Morgan fingerprint density at radius 1 is 1.00 bits per heavy atom. The second-order valence-corrected chi connectivity index (χ2v) is 6.89. The Morgan fingerprint density at radius 2 is 1.70 bits per heavy atom. The summed E-state index contributed by atoms with van der Waals surface area (Å²) in [5.41, 5.74) is 3.78. The van der Waals surface area contributed by atoms with Crippen LogP contribution in [0.4, 0.5) is 5.69 Å². The molecule has 0 unspecified atom stereocenters. The zero-order valence-electron chi connectivity index (χ0n) is 15.4. The van der Waals surface area contributed by atoms with E-state index in [1.807, 2.05) is 35.2 Å². The number of benzene rings is 2. The van der Waals surface area contributed by atoms with E-state index in [0.29, 0.717) is 31.6 Å². The molecule has 6 heteroatoms. The molecule has 1 aliphatic heterocycles. The Bertz CT molecular complexity index is 1010. The van der Waals surface area contributed by atoms with Crippen molar-refractivity contribution in [1.82, 2.24) is 9.47 Å². The van der Waals surface area contributed by atoms with Gasteiger partial charge in [-0.25, -0.2) is 4.79 Å². The molecule has 140 valence electrons. The predicted octanol–water partition coefficient (Wildman–Crippen LogP) is 2.64. The first-order valence-corrected chi connectivity index (χ1v) is 9.30. The van der Waals surface area contributed by atoms with Gasteiger partial charge in [-0.15, -0.1) is 0 Å². The van der Waals surface area contributed by atoms with Gasteiger partial charge >= 0.3 is 5.76 Å². The SMILES string of the molecule is Cc1ccccc1N1CCN(C(=O)CCn2c(=O)oc3ccccc32)CC1. The summed E-state index contributed by atoms with van der Waals surface area (Å²) in [6.07, 6.45) is 0.299. The quantitative estimate of drug-likeness (QED) is 0.713. The van der Waals surface area contributed by atoms with Crippen LogP contribution in [0.15, 0.2) is 57.7 Å². The smallest absolute Gasteiger partial charge is 0.408 e. The van der Waals surface area contributed by atoms with E-state index in [4.69, 9.17) is 4.42 Å². The third-order valence-electron chi connectivity index (χ3n) is 5.21. The van der Waals surface area contributed by atoms with Crippen molar-refractivity contribution in [2.45, 2.75) is 19.9 Å². The molecule has 2 heterocycles. The van der Waals surface area contributed by atoms with Gasteiger partial charge in [-0.05, 0) is 30.7 Å². The molecule has 0 radical (unpaired) electrons. The number of para-hydroxylation sites is 3. The van der Waals surface area contributed by atoms with Gasteiger partial charge in [0.1, 0.15) is 0 Å². The van der Waals surface area contributed by atoms with Gasteiger partial charge in [0.2, 0.25) is 5.91 Å². The molecule has 2 aromatic carbocycles. The van der Waals surface area contributed by atoms with Crippen LogP contribution in [0, 0.1) is 6.92 Å². The van der Waals surface area contributed by atoms with Crippen LogP contribution in [0.3, 0.4) is 0 Å². The Labute approximate surface area is 157 Å². The van der Waals surface area contributed by atoms with Crippen LogP contribution in [-0.4, -0.2) is 41.6 Å². The normalized spacial score (nSPS) is 14.7. The fraction of sp³-hybridized carbons (Fsp3) is 0.333. The maximum Gasteiger partial charge on any atom is 0.419 e. The maximum atomic E-state index is 12.6. The number of hydrogen-bond donors (Lipinski definition) is 0. The van der Waals surface area contributed by atoms with E-state index in [-0.39, 0.29) is 5.91 Å². The lowest BCUT2D eigenvalue weighted by molar-refractivity contribution is -0.131. The van der Waals surface area contributed by atoms with Crippen molar-refractivity contribution < 1.29 is 9.21 Å². The number of oxazole rings is 1. The average Bonchev–Trinajstić information content (AvgIpc) is 3.02. The fourth-order valence-corrected chi connectivity index (χ4v) is 3.71. The third-order valence-corrected chi connectivity index (χ3v) is 5.21. The Hall–Kier alpha value is -3.02. The number of hydrogen-bond acceptors (Lipinski definition) is 4. The molecule has 6 nitrogen and oxygen atoms in total. The first-order chi connectivity index (χ1) is 13.1. The van der Waals surface area contributed by atoms with E-state index in [2.05, 4.69) is 24.0 Å². The molecule has 1 amide bonds. The van der Waals surface area contributed by atoms with Crippen molar-refractivity contribution in [2.24, 2.45) is 0 Å². The van der Waals surface area contributed by atoms with Gasteiger partial charge in [-0.3, -0.25) is 9.36 Å². The molecule has 1 aliphatic rings. The molecule has 27 heavy (non-hydrogen) atoms. The summed E-state index contributed by atoms with van der Waals surface area (Å²) in [5, 5.41) is 0. The molecule has 3 aromatic rings. The Morgan fingerprint density at radius 3 is 2.48 bits per heavy atom. The molecular weight excluding hydrogens is 342 g/mol. The van der Waals surface area contributed by atoms with Gasteiger partial charge < -0.3 is 14.2 Å². The van der Waals surface area contributed by atoms with Crippen molar-refractivity contribution in [3.05, 3.63) is 64.6 Å². The van der Waals surface area contributed by atoms with E-state index in [1.54, 1.807) is 6.07 Å². The Balaban J connectivity index is 1.37. The minimum absolute atomic E-state index is 0.0802. The van der Waals surface area contributed by atoms with Gasteiger partial charge in [0.05, 0.1) is 5.52 Å². The summed E-state index contributed by atoms with van der Waals surface area (Å²) in [7, 11) is 0. The lowest BCUT2D eigenvalue weighted by Crippen LogP contribution is -2.49. The second-order valence-electron chi connectivity index (χ2n) is 6.89. The van der Waals surface area contributed by atoms with Gasteiger partial charge in [0, 0.05) is 44.8 Å². The number of carbonyl (C=O) groups excluding carboxylic acids is 1. The first kappa shape index (κ1) is 17.4. The molecule has 0 aliphatic carbocycles. The topological polar surface area (TPSA) is 58.7 Å². The molecule has 0 bridgehead atoms. The minimum Gasteiger partial charge on any atom is -0.408 e. The lowest BCUT2D eigenvalue weighted by Gasteiger charge is -2.36. The van der Waals surface area contributed by atoms with E-state index >= 15 is 0 Å². The van der Waals surface area contributed by atoms with Crippen molar-refractivity contribution in [2.75, 3.05) is 31.1 Å². The van der Waals surface area contributed by atoms with Gasteiger partial charge in [-0.2, -0.15) is 0 Å². The van der Waals surface area contributed by atoms with Crippen LogP contribution < -0.4 is 10.7 Å². The zero-order valence-corrected chi connectivity index (χ0v) is 15.4. The number of piperazine rings is 1. The summed E-state index contributed by atoms with van der Waals surface area (Å²) in [5.74, 6) is -0.329. The summed E-state index contributed by atoms with van der Waals surface area (Å²) in [4.78, 5) is 28.9. The van der Waals surface area contributed by atoms with Crippen LogP contribution in [0.5, 0.6) is 0 Å². The number of aryl methyl sites for hydroxylation is 2. The molecular formula is C21H23N3O3. The highest BCUT2D eigenvalue weighted by Gasteiger charge is 2.22. The summed E-state index contributed by atoms with van der Waals surface area (Å²) >= 11 is 0. The fourth-order valence-electron chi connectivity index (χ4n) is 3.71. The summed E-state index contributed by atoms with van der Waals surface area (Å²) in [6, 6.07) is 15.6. The largest absolute Gasteiger partial charge is 0.419 e. The Kier molecular flexibility index (Phi) is 4.71. The number of rotatable bonds is 4. The van der Waals surface area contributed by atoms with E-state index in [1.165, 1.54) is 15.8 Å². The van der Waals surface area contributed by atoms with E-state index < -0.39 is 5.76 Å². The number of amides is 1. The monoisotopic (exact) mass is 365 g/mol. The maximum absolute atomic E-state index is 12.6. The van der Waals surface area contributed by atoms with Crippen LogP contribution in [0.2, 0.25) is 0 Å². The predicted molar refractivity (Wildman–Crippen MR) is 105 cm³/mol. The molecule has 0 saturated carbocycles. The third kappa shape index (κ3) is 3.47. The number of aromatic nitrogens is 1.